The van der Waals surface area contributed by atoms with Gasteiger partial charge in [-0.15, -0.1) is 0 Å². The summed E-state index contributed by atoms with van der Waals surface area (Å²) < 4.78 is 11.5. The Balaban J connectivity index is 2.14. The molecule has 0 unspecified atom stereocenters. The van der Waals surface area contributed by atoms with Crippen molar-refractivity contribution in [2.75, 3.05) is 13.2 Å². The molecule has 1 aromatic rings. The van der Waals surface area contributed by atoms with Crippen molar-refractivity contribution in [1.82, 2.24) is 4.98 Å². The number of carbonyl (C=O) groups excluding carboxylic acids is 2. The van der Waals surface area contributed by atoms with Crippen molar-refractivity contribution >= 4 is 26.4 Å². The summed E-state index contributed by atoms with van der Waals surface area (Å²) in [5, 5.41) is 0. The average Bonchev–Trinajstić information content (AvgIpc) is 3.21. The van der Waals surface area contributed by atoms with Gasteiger partial charge in [-0.05, 0) is 0 Å². The van der Waals surface area contributed by atoms with E-state index in [-0.39, 0.29) is 26.8 Å². The number of esters is 2. The van der Waals surface area contributed by atoms with E-state index >= 15 is 0 Å². The molecular formula is C26H45NO4Se. The summed E-state index contributed by atoms with van der Waals surface area (Å²) in [6.07, 6.45) is 20.9. The molecule has 1 heterocycles. The number of hydrogen-bond donors (Lipinski definition) is 0. The molecule has 0 saturated heterocycles. The van der Waals surface area contributed by atoms with E-state index in [1.54, 1.807) is 13.8 Å². The third kappa shape index (κ3) is 12.8. The Bertz CT molecular complexity index is 594. The van der Waals surface area contributed by atoms with Crippen molar-refractivity contribution in [1.29, 1.82) is 0 Å². The zero-order valence-corrected chi connectivity index (χ0v) is 22.4. The topological polar surface area (TPSA) is 65.5 Å². The average molecular weight is 515 g/mol. The number of rotatable bonds is 20. The molecule has 1 rings (SSSR count). The molecule has 0 N–H and O–H groups in total. The van der Waals surface area contributed by atoms with Gasteiger partial charge in [0.2, 0.25) is 0 Å². The van der Waals surface area contributed by atoms with E-state index in [9.17, 15) is 9.59 Å². The molecule has 0 saturated carbocycles. The van der Waals surface area contributed by atoms with Crippen molar-refractivity contribution < 1.29 is 19.1 Å². The first-order chi connectivity index (χ1) is 15.6. The van der Waals surface area contributed by atoms with E-state index < -0.39 is 11.9 Å². The fourth-order valence-corrected chi connectivity index (χ4v) is 5.86. The van der Waals surface area contributed by atoms with Gasteiger partial charge >= 0.3 is 163 Å². The summed E-state index contributed by atoms with van der Waals surface area (Å²) in [6.45, 7) is 6.36. The maximum atomic E-state index is 12.2. The molecule has 32 heavy (non-hydrogen) atoms. The summed E-state index contributed by atoms with van der Waals surface area (Å²) in [5.74, 6) is -0.935. The molecule has 1 aromatic heterocycles. The van der Waals surface area contributed by atoms with Crippen LogP contribution in [0, 0.1) is 0 Å². The zero-order valence-electron chi connectivity index (χ0n) is 20.7. The molecule has 0 spiro atoms. The second kappa shape index (κ2) is 19.3. The van der Waals surface area contributed by atoms with Gasteiger partial charge in [0.05, 0.1) is 0 Å². The van der Waals surface area contributed by atoms with Gasteiger partial charge < -0.3 is 0 Å². The second-order valence-electron chi connectivity index (χ2n) is 8.43. The van der Waals surface area contributed by atoms with Crippen molar-refractivity contribution in [3.05, 3.63) is 14.7 Å². The maximum absolute atomic E-state index is 12.2. The van der Waals surface area contributed by atoms with Gasteiger partial charge in [-0.3, -0.25) is 0 Å². The Morgan fingerprint density at radius 1 is 0.656 bits per heavy atom. The fourth-order valence-electron chi connectivity index (χ4n) is 3.79. The van der Waals surface area contributed by atoms with E-state index in [1.807, 2.05) is 0 Å². The summed E-state index contributed by atoms with van der Waals surface area (Å²) in [5.41, 5.74) is 0.168. The molecule has 0 aliphatic carbocycles. The minimum absolute atomic E-state index is 0.168. The molecule has 0 amide bonds. The van der Waals surface area contributed by atoms with Gasteiger partial charge in [0.25, 0.3) is 0 Å². The first-order valence-electron chi connectivity index (χ1n) is 13.0. The van der Waals surface area contributed by atoms with Crippen LogP contribution in [0.2, 0.25) is 0 Å². The molecule has 0 bridgehead atoms. The van der Waals surface area contributed by atoms with Crippen molar-refractivity contribution in [2.45, 2.75) is 124 Å². The Kier molecular flexibility index (Phi) is 17.5. The van der Waals surface area contributed by atoms with Crippen LogP contribution in [-0.4, -0.2) is 44.6 Å². The minimum atomic E-state index is -0.510. The van der Waals surface area contributed by atoms with Crippen LogP contribution in [0.4, 0.5) is 0 Å². The number of ether oxygens (including phenoxy) is 2. The van der Waals surface area contributed by atoms with Crippen LogP contribution >= 0.6 is 0 Å². The fraction of sp³-hybridized carbons (Fsp3) is 0.808. The van der Waals surface area contributed by atoms with E-state index in [2.05, 4.69) is 11.9 Å². The molecule has 0 aromatic carbocycles. The SMILES string of the molecule is CCCCCCCCCCCCCCCCCc1nc(C(=O)OCC)c(C(=O)OCC)[se]1. The van der Waals surface area contributed by atoms with Gasteiger partial charge in [-0.25, -0.2) is 0 Å². The molecule has 6 heteroatoms. The molecule has 5 nitrogen and oxygen atoms in total. The van der Waals surface area contributed by atoms with E-state index in [0.29, 0.717) is 11.0 Å². The Morgan fingerprint density at radius 3 is 1.56 bits per heavy atom. The number of carbonyl (C=O) groups is 2. The summed E-state index contributed by atoms with van der Waals surface area (Å²) in [4.78, 5) is 28.8. The number of nitrogens with zero attached hydrogens (tertiary/aromatic N) is 1. The van der Waals surface area contributed by atoms with Crippen LogP contribution in [-0.2, 0) is 15.9 Å². The van der Waals surface area contributed by atoms with Gasteiger partial charge in [0.1, 0.15) is 0 Å². The van der Waals surface area contributed by atoms with Crippen LogP contribution in [0.5, 0.6) is 0 Å². The molecule has 0 radical (unpaired) electrons. The van der Waals surface area contributed by atoms with Gasteiger partial charge in [-0.2, -0.15) is 0 Å². The number of aryl methyl sites for hydroxylation is 1. The Labute approximate surface area is 201 Å². The molecule has 184 valence electrons. The number of hydrogen-bond acceptors (Lipinski definition) is 5. The predicted octanol–water partition coefficient (Wildman–Crippen LogP) is 6.91. The van der Waals surface area contributed by atoms with Crippen LogP contribution in [0.25, 0.3) is 0 Å². The van der Waals surface area contributed by atoms with Gasteiger partial charge in [-0.1, -0.05) is 39.0 Å². The molecule has 0 atom stereocenters. The van der Waals surface area contributed by atoms with Crippen molar-refractivity contribution in [2.24, 2.45) is 0 Å². The monoisotopic (exact) mass is 515 g/mol. The van der Waals surface area contributed by atoms with E-state index in [4.69, 9.17) is 9.47 Å². The molecule has 0 aliphatic heterocycles. The molecule has 0 aliphatic rings. The van der Waals surface area contributed by atoms with Crippen molar-refractivity contribution in [3.63, 3.8) is 0 Å². The predicted molar refractivity (Wildman–Crippen MR) is 132 cm³/mol. The van der Waals surface area contributed by atoms with Gasteiger partial charge in [0, 0.05) is 0 Å². The number of aromatic nitrogens is 1. The number of unbranched alkanes of at least 4 members (excludes halogenated alkanes) is 14. The van der Waals surface area contributed by atoms with Crippen LogP contribution in [0.15, 0.2) is 0 Å². The third-order valence-electron chi connectivity index (χ3n) is 5.60. The third-order valence-corrected chi connectivity index (χ3v) is 7.89. The molecular weight excluding hydrogens is 469 g/mol. The molecule has 0 fully saturated rings. The van der Waals surface area contributed by atoms with Gasteiger partial charge in [0.15, 0.2) is 0 Å². The first-order valence-corrected chi connectivity index (χ1v) is 14.7. The van der Waals surface area contributed by atoms with Crippen LogP contribution in [0.1, 0.15) is 141 Å². The summed E-state index contributed by atoms with van der Waals surface area (Å²) in [6, 6.07) is 0. The van der Waals surface area contributed by atoms with Crippen molar-refractivity contribution in [3.8, 4) is 0 Å². The summed E-state index contributed by atoms with van der Waals surface area (Å²) >= 11 is -0.232. The Hall–Kier alpha value is -1.13. The van der Waals surface area contributed by atoms with Crippen LogP contribution in [0.3, 0.4) is 0 Å². The zero-order chi connectivity index (χ0) is 23.4. The second-order valence-corrected chi connectivity index (χ2v) is 10.7. The standard InChI is InChI=1S/C26H45NO4Se/c1-4-7-8-9-10-11-12-13-14-15-16-17-18-19-20-21-22-27-23(25(28)30-5-2)24(32-22)26(29)31-6-3/h4-21H2,1-3H3. The van der Waals surface area contributed by atoms with E-state index in [0.717, 1.165) is 17.4 Å². The first kappa shape index (κ1) is 28.9. The summed E-state index contributed by atoms with van der Waals surface area (Å²) in [7, 11) is 0. The van der Waals surface area contributed by atoms with E-state index in [1.165, 1.54) is 89.9 Å². The quantitative estimate of drug-likeness (QED) is 0.108. The van der Waals surface area contributed by atoms with Crippen LogP contribution < -0.4 is 0 Å². The normalized spacial score (nSPS) is 11.0. The Morgan fingerprint density at radius 2 is 1.09 bits per heavy atom.